The second kappa shape index (κ2) is 5.05. The maximum Gasteiger partial charge on any atom is 0.186 e. The molecule has 0 bridgehead atoms. The van der Waals surface area contributed by atoms with E-state index in [1.807, 2.05) is 51.1 Å². The van der Waals surface area contributed by atoms with Gasteiger partial charge in [0, 0.05) is 5.56 Å². The summed E-state index contributed by atoms with van der Waals surface area (Å²) in [6, 6.07) is 9.55. The van der Waals surface area contributed by atoms with Crippen LogP contribution in [0.1, 0.15) is 33.0 Å². The first-order valence-electron chi connectivity index (χ1n) is 5.92. The molecule has 0 saturated carbocycles. The normalized spacial score (nSPS) is 11.1. The summed E-state index contributed by atoms with van der Waals surface area (Å²) in [6.45, 7) is 5.84. The number of hydrogen-bond acceptors (Lipinski definition) is 2. The molecule has 0 saturated heterocycles. The topological polar surface area (TPSA) is 30.2 Å². The first kappa shape index (κ1) is 12.4. The van der Waals surface area contributed by atoms with Crippen molar-refractivity contribution in [2.75, 3.05) is 0 Å². The molecule has 0 N–H and O–H groups in total. The van der Waals surface area contributed by atoms with Gasteiger partial charge >= 0.3 is 0 Å². The van der Waals surface area contributed by atoms with E-state index in [9.17, 15) is 4.79 Å². The maximum absolute atomic E-state index is 12.0. The van der Waals surface area contributed by atoms with Gasteiger partial charge in [-0.1, -0.05) is 23.8 Å². The van der Waals surface area contributed by atoms with E-state index >= 15 is 0 Å². The Hall–Kier alpha value is -2.09. The van der Waals surface area contributed by atoms with Gasteiger partial charge in [0.2, 0.25) is 0 Å². The van der Waals surface area contributed by atoms with Crippen molar-refractivity contribution in [1.29, 1.82) is 0 Å². The van der Waals surface area contributed by atoms with Crippen LogP contribution in [-0.4, -0.2) is 5.78 Å². The van der Waals surface area contributed by atoms with E-state index in [0.29, 0.717) is 5.76 Å². The number of carbonyl (C=O) groups is 1. The monoisotopic (exact) mass is 240 g/mol. The first-order chi connectivity index (χ1) is 8.56. The van der Waals surface area contributed by atoms with Crippen LogP contribution in [-0.2, 0) is 0 Å². The summed E-state index contributed by atoms with van der Waals surface area (Å²) in [7, 11) is 0. The smallest absolute Gasteiger partial charge is 0.186 e. The van der Waals surface area contributed by atoms with Crippen molar-refractivity contribution in [3.05, 3.63) is 64.6 Å². The number of hydrogen-bond donors (Lipinski definition) is 0. The summed E-state index contributed by atoms with van der Waals surface area (Å²) < 4.78 is 5.38. The van der Waals surface area contributed by atoms with Crippen LogP contribution < -0.4 is 0 Å². The predicted octanol–water partition coefficient (Wildman–Crippen LogP) is 4.10. The molecule has 2 heteroatoms. The number of carbonyl (C=O) groups excluding carboxylic acids is 1. The average molecular weight is 240 g/mol. The van der Waals surface area contributed by atoms with Crippen molar-refractivity contribution in [1.82, 2.24) is 0 Å². The summed E-state index contributed by atoms with van der Waals surface area (Å²) in [5, 5.41) is 0. The first-order valence-corrected chi connectivity index (χ1v) is 5.92. The second-order valence-electron chi connectivity index (χ2n) is 4.46. The van der Waals surface area contributed by atoms with Crippen LogP contribution in [0.15, 0.2) is 40.8 Å². The van der Waals surface area contributed by atoms with Gasteiger partial charge in [-0.05, 0) is 50.6 Å². The molecule has 0 atom stereocenters. The maximum atomic E-state index is 12.0. The van der Waals surface area contributed by atoms with Crippen molar-refractivity contribution >= 4 is 11.9 Å². The highest BCUT2D eigenvalue weighted by molar-refractivity contribution is 6.07. The van der Waals surface area contributed by atoms with Crippen molar-refractivity contribution in [3.63, 3.8) is 0 Å². The number of furan rings is 1. The standard InChI is InChI=1S/C16H16O2/c1-11-4-8-15(12(2)10-11)16(17)9-7-14-6-5-13(3)18-14/h4-10H,1-3H3/b9-7+. The number of aryl methyl sites for hydroxylation is 3. The second-order valence-corrected chi connectivity index (χ2v) is 4.46. The molecule has 0 aliphatic carbocycles. The molecule has 2 nitrogen and oxygen atoms in total. The van der Waals surface area contributed by atoms with Gasteiger partial charge in [-0.15, -0.1) is 0 Å². The number of benzene rings is 1. The SMILES string of the molecule is Cc1ccc(C(=O)/C=C/c2ccc(C)o2)c(C)c1. The van der Waals surface area contributed by atoms with Crippen LogP contribution in [0.3, 0.4) is 0 Å². The Labute approximate surface area is 107 Å². The van der Waals surface area contributed by atoms with Crippen molar-refractivity contribution in [3.8, 4) is 0 Å². The molecule has 0 aliphatic heterocycles. The van der Waals surface area contributed by atoms with Crippen LogP contribution in [0, 0.1) is 20.8 Å². The molecular weight excluding hydrogens is 224 g/mol. The van der Waals surface area contributed by atoms with E-state index < -0.39 is 0 Å². The molecular formula is C16H16O2. The lowest BCUT2D eigenvalue weighted by molar-refractivity contribution is 0.104. The van der Waals surface area contributed by atoms with Crippen LogP contribution in [0.25, 0.3) is 6.08 Å². The molecule has 18 heavy (non-hydrogen) atoms. The third kappa shape index (κ3) is 2.77. The van der Waals surface area contributed by atoms with Gasteiger partial charge in [0.15, 0.2) is 5.78 Å². The van der Waals surface area contributed by atoms with Gasteiger partial charge in [-0.25, -0.2) is 0 Å². The fourth-order valence-corrected chi connectivity index (χ4v) is 1.88. The summed E-state index contributed by atoms with van der Waals surface area (Å²) >= 11 is 0. The average Bonchev–Trinajstić information content (AvgIpc) is 2.72. The minimum absolute atomic E-state index is 0.00144. The molecule has 1 aromatic carbocycles. The highest BCUT2D eigenvalue weighted by Gasteiger charge is 2.05. The molecule has 0 spiro atoms. The third-order valence-electron chi connectivity index (χ3n) is 2.81. The molecule has 1 heterocycles. The summed E-state index contributed by atoms with van der Waals surface area (Å²) in [5.41, 5.74) is 2.90. The zero-order valence-corrected chi connectivity index (χ0v) is 10.9. The largest absolute Gasteiger partial charge is 0.462 e. The fourth-order valence-electron chi connectivity index (χ4n) is 1.88. The molecule has 0 unspecified atom stereocenters. The number of ketones is 1. The zero-order valence-electron chi connectivity index (χ0n) is 10.9. The van der Waals surface area contributed by atoms with Gasteiger partial charge in [-0.3, -0.25) is 4.79 Å². The Bertz CT molecular complexity index is 603. The molecule has 0 fully saturated rings. The Balaban J connectivity index is 2.19. The van der Waals surface area contributed by atoms with Crippen LogP contribution >= 0.6 is 0 Å². The van der Waals surface area contributed by atoms with Crippen LogP contribution in [0.4, 0.5) is 0 Å². The van der Waals surface area contributed by atoms with Gasteiger partial charge < -0.3 is 4.42 Å². The lowest BCUT2D eigenvalue weighted by Crippen LogP contribution is -1.97. The van der Waals surface area contributed by atoms with Crippen molar-refractivity contribution in [2.45, 2.75) is 20.8 Å². The van der Waals surface area contributed by atoms with E-state index in [0.717, 1.165) is 22.5 Å². The summed E-state index contributed by atoms with van der Waals surface area (Å²) in [4.78, 5) is 12.0. The molecule has 2 aromatic rings. The van der Waals surface area contributed by atoms with Crippen molar-refractivity contribution in [2.24, 2.45) is 0 Å². The quantitative estimate of drug-likeness (QED) is 0.597. The highest BCUT2D eigenvalue weighted by Crippen LogP contribution is 2.13. The van der Waals surface area contributed by atoms with Crippen molar-refractivity contribution < 1.29 is 9.21 Å². The lowest BCUT2D eigenvalue weighted by atomic mass is 10.0. The molecule has 0 aliphatic rings. The molecule has 0 amide bonds. The fraction of sp³-hybridized carbons (Fsp3) is 0.188. The zero-order chi connectivity index (χ0) is 13.1. The number of allylic oxidation sites excluding steroid dienone is 1. The van der Waals surface area contributed by atoms with Gasteiger partial charge in [0.1, 0.15) is 11.5 Å². The van der Waals surface area contributed by atoms with Crippen LogP contribution in [0.2, 0.25) is 0 Å². The van der Waals surface area contributed by atoms with E-state index in [2.05, 4.69) is 0 Å². The minimum Gasteiger partial charge on any atom is -0.462 e. The Kier molecular flexibility index (Phi) is 3.47. The van der Waals surface area contributed by atoms with Gasteiger partial charge in [0.05, 0.1) is 0 Å². The van der Waals surface area contributed by atoms with E-state index in [1.54, 1.807) is 12.2 Å². The Morgan fingerprint density at radius 1 is 1.11 bits per heavy atom. The van der Waals surface area contributed by atoms with Gasteiger partial charge in [0.25, 0.3) is 0 Å². The minimum atomic E-state index is 0.00144. The third-order valence-corrected chi connectivity index (χ3v) is 2.81. The Morgan fingerprint density at radius 3 is 2.50 bits per heavy atom. The molecule has 92 valence electrons. The number of rotatable bonds is 3. The predicted molar refractivity (Wildman–Crippen MR) is 72.7 cm³/mol. The summed E-state index contributed by atoms with van der Waals surface area (Å²) in [5.74, 6) is 1.54. The molecule has 0 radical (unpaired) electrons. The lowest BCUT2D eigenvalue weighted by Gasteiger charge is -2.02. The Morgan fingerprint density at radius 2 is 1.89 bits per heavy atom. The van der Waals surface area contributed by atoms with E-state index in [1.165, 1.54) is 0 Å². The van der Waals surface area contributed by atoms with Gasteiger partial charge in [-0.2, -0.15) is 0 Å². The van der Waals surface area contributed by atoms with E-state index in [4.69, 9.17) is 4.42 Å². The van der Waals surface area contributed by atoms with E-state index in [-0.39, 0.29) is 5.78 Å². The molecule has 1 aromatic heterocycles. The van der Waals surface area contributed by atoms with Crippen LogP contribution in [0.5, 0.6) is 0 Å². The molecule has 2 rings (SSSR count). The summed E-state index contributed by atoms with van der Waals surface area (Å²) in [6.07, 6.45) is 3.25. The highest BCUT2D eigenvalue weighted by atomic mass is 16.3.